The average Bonchev–Trinajstić information content (AvgIpc) is 2.51. The lowest BCUT2D eigenvalue weighted by molar-refractivity contribution is 0.103. The van der Waals surface area contributed by atoms with Crippen molar-refractivity contribution in [2.75, 3.05) is 14.2 Å². The second-order valence-corrected chi connectivity index (χ2v) is 4.95. The Morgan fingerprint density at radius 2 is 1.62 bits per heavy atom. The number of hydrogen-bond donors (Lipinski definition) is 0. The predicted octanol–water partition coefficient (Wildman–Crippen LogP) is 3.98. The minimum absolute atomic E-state index is 0.0178. The maximum Gasteiger partial charge on any atom is 0.194 e. The second-order valence-electron chi connectivity index (χ2n) is 4.15. The van der Waals surface area contributed by atoms with Crippen LogP contribution in [0, 0.1) is 11.6 Å². The Labute approximate surface area is 128 Å². The molecule has 0 amide bonds. The number of benzene rings is 2. The summed E-state index contributed by atoms with van der Waals surface area (Å²) in [5, 5.41) is 0. The third kappa shape index (κ3) is 3.05. The van der Waals surface area contributed by atoms with Crippen molar-refractivity contribution in [2.24, 2.45) is 0 Å². The molecule has 0 aromatic heterocycles. The zero-order chi connectivity index (χ0) is 15.6. The van der Waals surface area contributed by atoms with Crippen molar-refractivity contribution < 1.29 is 23.0 Å². The molecule has 0 N–H and O–H groups in total. The van der Waals surface area contributed by atoms with E-state index in [0.29, 0.717) is 11.5 Å². The molecule has 6 heteroatoms. The maximum absolute atomic E-state index is 13.5. The van der Waals surface area contributed by atoms with E-state index >= 15 is 0 Å². The molecule has 0 unspecified atom stereocenters. The standard InChI is InChI=1S/C15H11BrF2O3/c1-20-9-5-8(6-10(7-9)21-2)15(19)11-3-4-12(17)14(18)13(11)16/h3-7H,1-2H3. The van der Waals surface area contributed by atoms with Gasteiger partial charge in [0, 0.05) is 17.2 Å². The monoisotopic (exact) mass is 356 g/mol. The molecule has 0 heterocycles. The molecule has 2 aromatic carbocycles. The molecule has 0 radical (unpaired) electrons. The highest BCUT2D eigenvalue weighted by atomic mass is 79.9. The van der Waals surface area contributed by atoms with Gasteiger partial charge in [-0.2, -0.15) is 0 Å². The van der Waals surface area contributed by atoms with Crippen molar-refractivity contribution >= 4 is 21.7 Å². The Morgan fingerprint density at radius 3 is 2.14 bits per heavy atom. The van der Waals surface area contributed by atoms with Crippen LogP contribution in [0.25, 0.3) is 0 Å². The summed E-state index contributed by atoms with van der Waals surface area (Å²) in [6.45, 7) is 0. The van der Waals surface area contributed by atoms with E-state index in [-0.39, 0.29) is 15.6 Å². The van der Waals surface area contributed by atoms with Crippen LogP contribution in [0.5, 0.6) is 11.5 Å². The van der Waals surface area contributed by atoms with Crippen molar-refractivity contribution in [3.63, 3.8) is 0 Å². The summed E-state index contributed by atoms with van der Waals surface area (Å²) in [4.78, 5) is 12.4. The predicted molar refractivity (Wildman–Crippen MR) is 77.0 cm³/mol. The van der Waals surface area contributed by atoms with Crippen molar-refractivity contribution in [2.45, 2.75) is 0 Å². The molecule has 21 heavy (non-hydrogen) atoms. The van der Waals surface area contributed by atoms with Gasteiger partial charge in [-0.25, -0.2) is 8.78 Å². The van der Waals surface area contributed by atoms with Gasteiger partial charge in [-0.1, -0.05) is 0 Å². The highest BCUT2D eigenvalue weighted by molar-refractivity contribution is 9.10. The number of hydrogen-bond acceptors (Lipinski definition) is 3. The van der Waals surface area contributed by atoms with E-state index in [2.05, 4.69) is 15.9 Å². The van der Waals surface area contributed by atoms with Crippen LogP contribution in [0.4, 0.5) is 8.78 Å². The fourth-order valence-electron chi connectivity index (χ4n) is 1.80. The molecule has 2 rings (SSSR count). The molecule has 110 valence electrons. The number of ether oxygens (including phenoxy) is 2. The van der Waals surface area contributed by atoms with E-state index < -0.39 is 17.4 Å². The molecule has 0 atom stereocenters. The summed E-state index contributed by atoms with van der Waals surface area (Å²) in [5.41, 5.74) is 0.266. The fraction of sp³-hybridized carbons (Fsp3) is 0.133. The van der Waals surface area contributed by atoms with Gasteiger partial charge in [-0.05, 0) is 40.2 Å². The van der Waals surface area contributed by atoms with Gasteiger partial charge in [-0.15, -0.1) is 0 Å². The van der Waals surface area contributed by atoms with Gasteiger partial charge in [0.1, 0.15) is 11.5 Å². The number of methoxy groups -OCH3 is 2. The van der Waals surface area contributed by atoms with Crippen LogP contribution in [0.1, 0.15) is 15.9 Å². The van der Waals surface area contributed by atoms with Crippen LogP contribution in [-0.4, -0.2) is 20.0 Å². The van der Waals surface area contributed by atoms with Gasteiger partial charge in [-0.3, -0.25) is 4.79 Å². The Hall–Kier alpha value is -1.95. The lowest BCUT2D eigenvalue weighted by atomic mass is 10.0. The Balaban J connectivity index is 2.52. The molecule has 0 fully saturated rings. The number of halogens is 3. The minimum Gasteiger partial charge on any atom is -0.497 e. The van der Waals surface area contributed by atoms with Crippen molar-refractivity contribution in [3.8, 4) is 11.5 Å². The Bertz CT molecular complexity index is 679. The van der Waals surface area contributed by atoms with Gasteiger partial charge < -0.3 is 9.47 Å². The Kier molecular flexibility index (Phi) is 4.57. The van der Waals surface area contributed by atoms with Crippen LogP contribution in [0.15, 0.2) is 34.8 Å². The van der Waals surface area contributed by atoms with Crippen molar-refractivity contribution in [3.05, 3.63) is 57.6 Å². The summed E-state index contributed by atoms with van der Waals surface area (Å²) in [5.74, 6) is -1.75. The van der Waals surface area contributed by atoms with Crippen LogP contribution >= 0.6 is 15.9 Å². The zero-order valence-corrected chi connectivity index (χ0v) is 12.8. The summed E-state index contributed by atoms with van der Waals surface area (Å²) >= 11 is 2.90. The lowest BCUT2D eigenvalue weighted by Gasteiger charge is -2.09. The van der Waals surface area contributed by atoms with Crippen LogP contribution in [0.3, 0.4) is 0 Å². The molecule has 0 spiro atoms. The topological polar surface area (TPSA) is 35.5 Å². The van der Waals surface area contributed by atoms with Crippen LogP contribution in [0.2, 0.25) is 0 Å². The summed E-state index contributed by atoms with van der Waals surface area (Å²) in [7, 11) is 2.91. The van der Waals surface area contributed by atoms with Crippen LogP contribution < -0.4 is 9.47 Å². The number of carbonyl (C=O) groups excluding carboxylic acids is 1. The number of carbonyl (C=O) groups is 1. The van der Waals surface area contributed by atoms with Gasteiger partial charge in [0.25, 0.3) is 0 Å². The van der Waals surface area contributed by atoms with Crippen LogP contribution in [-0.2, 0) is 0 Å². The van der Waals surface area contributed by atoms with E-state index in [9.17, 15) is 13.6 Å². The van der Waals surface area contributed by atoms with Crippen molar-refractivity contribution in [1.82, 2.24) is 0 Å². The molecule has 0 aliphatic carbocycles. The maximum atomic E-state index is 13.5. The lowest BCUT2D eigenvalue weighted by Crippen LogP contribution is -2.05. The quantitative estimate of drug-likeness (QED) is 0.614. The first kappa shape index (κ1) is 15.4. The Morgan fingerprint density at radius 1 is 1.05 bits per heavy atom. The average molecular weight is 357 g/mol. The van der Waals surface area contributed by atoms with Gasteiger partial charge in [0.15, 0.2) is 17.4 Å². The van der Waals surface area contributed by atoms with E-state index in [1.54, 1.807) is 6.07 Å². The molecule has 0 saturated carbocycles. The van der Waals surface area contributed by atoms with Gasteiger partial charge in [0.2, 0.25) is 0 Å². The van der Waals surface area contributed by atoms with E-state index in [1.165, 1.54) is 32.4 Å². The first-order valence-corrected chi connectivity index (χ1v) is 6.68. The smallest absolute Gasteiger partial charge is 0.194 e. The summed E-state index contributed by atoms with van der Waals surface area (Å²) in [6.07, 6.45) is 0. The van der Waals surface area contributed by atoms with E-state index in [4.69, 9.17) is 9.47 Å². The first-order chi connectivity index (χ1) is 9.97. The highest BCUT2D eigenvalue weighted by Gasteiger charge is 2.19. The van der Waals surface area contributed by atoms with Crippen molar-refractivity contribution in [1.29, 1.82) is 0 Å². The SMILES string of the molecule is COc1cc(OC)cc(C(=O)c2ccc(F)c(F)c2Br)c1. The fourth-order valence-corrected chi connectivity index (χ4v) is 2.30. The third-order valence-corrected chi connectivity index (χ3v) is 3.67. The third-order valence-electron chi connectivity index (χ3n) is 2.89. The number of rotatable bonds is 4. The van der Waals surface area contributed by atoms with E-state index in [1.807, 2.05) is 0 Å². The molecule has 0 aliphatic rings. The molecule has 3 nitrogen and oxygen atoms in total. The van der Waals surface area contributed by atoms with Gasteiger partial charge >= 0.3 is 0 Å². The second kappa shape index (κ2) is 6.22. The number of ketones is 1. The van der Waals surface area contributed by atoms with E-state index in [0.717, 1.165) is 6.07 Å². The molecule has 0 aliphatic heterocycles. The summed E-state index contributed by atoms with van der Waals surface area (Å²) < 4.78 is 36.6. The minimum atomic E-state index is -1.10. The zero-order valence-electron chi connectivity index (χ0n) is 11.2. The molecule has 0 saturated heterocycles. The molecule has 2 aromatic rings. The normalized spacial score (nSPS) is 10.3. The molecular formula is C15H11BrF2O3. The summed E-state index contributed by atoms with van der Waals surface area (Å²) in [6, 6.07) is 6.73. The molecule has 0 bridgehead atoms. The molecular weight excluding hydrogens is 346 g/mol. The van der Waals surface area contributed by atoms with Gasteiger partial charge in [0.05, 0.1) is 18.7 Å². The largest absolute Gasteiger partial charge is 0.497 e. The highest BCUT2D eigenvalue weighted by Crippen LogP contribution is 2.28. The first-order valence-electron chi connectivity index (χ1n) is 5.89.